The third-order valence-corrected chi connectivity index (χ3v) is 1.68. The zero-order chi connectivity index (χ0) is 8.36. The first-order valence-corrected chi connectivity index (χ1v) is 4.65. The molecule has 65 valence electrons. The van der Waals surface area contributed by atoms with Gasteiger partial charge in [-0.15, -0.1) is 0 Å². The van der Waals surface area contributed by atoms with E-state index >= 15 is 0 Å². The largest absolute Gasteiger partial charge is 0.236 e. The summed E-state index contributed by atoms with van der Waals surface area (Å²) in [6.45, 7) is 2.25. The minimum Gasteiger partial charge on any atom is -0.236 e. The summed E-state index contributed by atoms with van der Waals surface area (Å²) in [6.07, 6.45) is 11.2. The van der Waals surface area contributed by atoms with E-state index in [4.69, 9.17) is 0 Å². The number of rotatable bonds is 7. The molecule has 0 atom stereocenters. The summed E-state index contributed by atoms with van der Waals surface area (Å²) in [4.78, 5) is 0. The molecule has 0 fully saturated rings. The van der Waals surface area contributed by atoms with E-state index in [2.05, 4.69) is 13.0 Å². The van der Waals surface area contributed by atoms with Crippen molar-refractivity contribution < 1.29 is 5.11 Å². The molecule has 11 heavy (non-hydrogen) atoms. The van der Waals surface area contributed by atoms with Crippen molar-refractivity contribution in [3.05, 3.63) is 12.2 Å². The number of hydrogen-bond acceptors (Lipinski definition) is 0. The maximum Gasteiger partial charge on any atom is 0.0856 e. The van der Waals surface area contributed by atoms with E-state index < -0.39 is 0 Å². The molecule has 0 aliphatic heterocycles. The lowest BCUT2D eigenvalue weighted by Gasteiger charge is -1.93. The molecule has 0 aromatic rings. The molecule has 0 aromatic heterocycles. The van der Waals surface area contributed by atoms with Crippen molar-refractivity contribution in [2.24, 2.45) is 0 Å². The molecule has 0 aliphatic rings. The predicted molar refractivity (Wildman–Crippen MR) is 48.1 cm³/mol. The molecule has 1 nitrogen and oxygen atoms in total. The van der Waals surface area contributed by atoms with Crippen LogP contribution in [0, 0.1) is 0 Å². The summed E-state index contributed by atoms with van der Waals surface area (Å²) >= 11 is 0. The van der Waals surface area contributed by atoms with Crippen LogP contribution in [0.15, 0.2) is 12.2 Å². The molecule has 0 N–H and O–H groups in total. The van der Waals surface area contributed by atoms with Crippen LogP contribution in [0.4, 0.5) is 0 Å². The maximum atomic E-state index is 10.0. The van der Waals surface area contributed by atoms with Gasteiger partial charge in [-0.2, -0.15) is 0 Å². The van der Waals surface area contributed by atoms with E-state index in [0.29, 0.717) is 6.42 Å². The average molecular weight is 155 g/mol. The van der Waals surface area contributed by atoms with Gasteiger partial charge in [0.15, 0.2) is 0 Å². The maximum absolute atomic E-state index is 10.0. The Hall–Kier alpha value is -0.300. The highest BCUT2D eigenvalue weighted by atomic mass is 16.2. The van der Waals surface area contributed by atoms with Crippen LogP contribution < -0.4 is 0 Å². The van der Waals surface area contributed by atoms with Crippen molar-refractivity contribution in [2.45, 2.75) is 45.4 Å². The topological polar surface area (TPSA) is 19.9 Å². The molecule has 1 radical (unpaired) electrons. The molecule has 0 saturated heterocycles. The van der Waals surface area contributed by atoms with Crippen molar-refractivity contribution in [3.8, 4) is 0 Å². The van der Waals surface area contributed by atoms with Crippen molar-refractivity contribution in [1.29, 1.82) is 0 Å². The van der Waals surface area contributed by atoms with Gasteiger partial charge in [-0.25, -0.2) is 5.11 Å². The van der Waals surface area contributed by atoms with E-state index in [1.165, 1.54) is 25.7 Å². The van der Waals surface area contributed by atoms with Crippen LogP contribution in [-0.4, -0.2) is 6.61 Å². The van der Waals surface area contributed by atoms with Crippen molar-refractivity contribution in [2.75, 3.05) is 6.61 Å². The quantitative estimate of drug-likeness (QED) is 0.397. The van der Waals surface area contributed by atoms with E-state index in [0.717, 1.165) is 6.42 Å². The highest BCUT2D eigenvalue weighted by Gasteiger charge is 1.83. The highest BCUT2D eigenvalue weighted by molar-refractivity contribution is 4.80. The first-order chi connectivity index (χ1) is 5.41. The van der Waals surface area contributed by atoms with Crippen molar-refractivity contribution >= 4 is 0 Å². The zero-order valence-electron chi connectivity index (χ0n) is 7.51. The van der Waals surface area contributed by atoms with Gasteiger partial charge in [-0.1, -0.05) is 38.3 Å². The monoisotopic (exact) mass is 155 g/mol. The van der Waals surface area contributed by atoms with E-state index in [1.54, 1.807) is 0 Å². The summed E-state index contributed by atoms with van der Waals surface area (Å²) in [7, 11) is 0. The van der Waals surface area contributed by atoms with Gasteiger partial charge in [-0.05, 0) is 19.3 Å². The van der Waals surface area contributed by atoms with Crippen LogP contribution in [0.25, 0.3) is 0 Å². The Morgan fingerprint density at radius 2 is 1.73 bits per heavy atom. The Balaban J connectivity index is 2.89. The second kappa shape index (κ2) is 9.70. The van der Waals surface area contributed by atoms with Crippen molar-refractivity contribution in [1.82, 2.24) is 0 Å². The fraction of sp³-hybridized carbons (Fsp3) is 0.800. The standard InChI is InChI=1S/C10H19O/c1-2-3-4-5-6-7-8-9-10-11/h7-8H,2-6,9-10H2,1H3. The van der Waals surface area contributed by atoms with Gasteiger partial charge < -0.3 is 0 Å². The smallest absolute Gasteiger partial charge is 0.0856 e. The summed E-state index contributed by atoms with van der Waals surface area (Å²) in [6, 6.07) is 0. The number of unbranched alkanes of at least 4 members (excludes halogenated alkanes) is 4. The van der Waals surface area contributed by atoms with Crippen LogP contribution in [0.2, 0.25) is 0 Å². The minimum atomic E-state index is 0.0332. The van der Waals surface area contributed by atoms with Crippen LogP contribution in [0.1, 0.15) is 45.4 Å². The van der Waals surface area contributed by atoms with E-state index in [1.807, 2.05) is 6.08 Å². The normalized spacial score (nSPS) is 11.1. The minimum absolute atomic E-state index is 0.0332. The fourth-order valence-corrected chi connectivity index (χ4v) is 0.993. The average Bonchev–Trinajstić information content (AvgIpc) is 2.03. The molecular formula is C10H19O. The summed E-state index contributed by atoms with van der Waals surface area (Å²) in [5.74, 6) is 0. The van der Waals surface area contributed by atoms with Gasteiger partial charge in [0.1, 0.15) is 0 Å². The second-order valence-electron chi connectivity index (χ2n) is 2.81. The Morgan fingerprint density at radius 3 is 2.36 bits per heavy atom. The second-order valence-corrected chi connectivity index (χ2v) is 2.81. The Kier molecular flexibility index (Phi) is 9.44. The van der Waals surface area contributed by atoms with Crippen LogP contribution in [0.3, 0.4) is 0 Å². The summed E-state index contributed by atoms with van der Waals surface area (Å²) in [5, 5.41) is 10.0. The number of hydrogen-bond donors (Lipinski definition) is 0. The van der Waals surface area contributed by atoms with Gasteiger partial charge in [0.05, 0.1) is 6.61 Å². The molecule has 0 bridgehead atoms. The molecule has 0 spiro atoms. The zero-order valence-corrected chi connectivity index (χ0v) is 7.51. The Bertz CT molecular complexity index is 86.9. The lowest BCUT2D eigenvalue weighted by molar-refractivity contribution is 0.199. The lowest BCUT2D eigenvalue weighted by Crippen LogP contribution is -1.75. The van der Waals surface area contributed by atoms with Gasteiger partial charge >= 0.3 is 0 Å². The van der Waals surface area contributed by atoms with Gasteiger partial charge in [0.2, 0.25) is 0 Å². The lowest BCUT2D eigenvalue weighted by atomic mass is 10.1. The summed E-state index contributed by atoms with van der Waals surface area (Å²) in [5.41, 5.74) is 0. The van der Waals surface area contributed by atoms with Gasteiger partial charge in [0.25, 0.3) is 0 Å². The van der Waals surface area contributed by atoms with Crippen LogP contribution in [0.5, 0.6) is 0 Å². The van der Waals surface area contributed by atoms with E-state index in [9.17, 15) is 5.11 Å². The van der Waals surface area contributed by atoms with Crippen LogP contribution in [-0.2, 0) is 5.11 Å². The molecule has 0 rings (SSSR count). The Labute approximate surface area is 70.1 Å². The third kappa shape index (κ3) is 9.70. The first-order valence-electron chi connectivity index (χ1n) is 4.65. The number of allylic oxidation sites excluding steroid dienone is 1. The van der Waals surface area contributed by atoms with Gasteiger partial charge in [0, 0.05) is 0 Å². The van der Waals surface area contributed by atoms with Gasteiger partial charge in [-0.3, -0.25) is 0 Å². The molecule has 0 aliphatic carbocycles. The first kappa shape index (κ1) is 10.7. The SMILES string of the molecule is CCCCCCC=CCC[O]. The predicted octanol–water partition coefficient (Wildman–Crippen LogP) is 3.33. The third-order valence-electron chi connectivity index (χ3n) is 1.68. The molecule has 0 aromatic carbocycles. The molecule has 1 heteroatoms. The molecule has 0 heterocycles. The highest BCUT2D eigenvalue weighted by Crippen LogP contribution is 2.02. The Morgan fingerprint density at radius 1 is 1.00 bits per heavy atom. The molecule has 0 saturated carbocycles. The van der Waals surface area contributed by atoms with E-state index in [-0.39, 0.29) is 6.61 Å². The fourth-order valence-electron chi connectivity index (χ4n) is 0.993. The molecule has 0 unspecified atom stereocenters. The molecular weight excluding hydrogens is 136 g/mol. The molecule has 0 amide bonds. The summed E-state index contributed by atoms with van der Waals surface area (Å²) < 4.78 is 0. The van der Waals surface area contributed by atoms with Crippen LogP contribution >= 0.6 is 0 Å². The van der Waals surface area contributed by atoms with Crippen molar-refractivity contribution in [3.63, 3.8) is 0 Å².